The number of sulfonamides is 1. The van der Waals surface area contributed by atoms with Crippen LogP contribution in [0.25, 0.3) is 0 Å². The first-order valence-electron chi connectivity index (χ1n) is 7.45. The summed E-state index contributed by atoms with van der Waals surface area (Å²) in [6.07, 6.45) is 5.01. The monoisotopic (exact) mass is 338 g/mol. The minimum Gasteiger partial charge on any atom is -0.352 e. The van der Waals surface area contributed by atoms with E-state index in [2.05, 4.69) is 21.6 Å². The first-order chi connectivity index (χ1) is 10.9. The summed E-state index contributed by atoms with van der Waals surface area (Å²) in [7, 11) is 0.398. The van der Waals surface area contributed by atoms with Crippen LogP contribution in [-0.4, -0.2) is 46.2 Å². The Kier molecular flexibility index (Phi) is 7.61. The van der Waals surface area contributed by atoms with Crippen LogP contribution in [0.4, 0.5) is 5.69 Å². The van der Waals surface area contributed by atoms with Crippen molar-refractivity contribution in [1.82, 2.24) is 10.2 Å². The highest BCUT2D eigenvalue weighted by Crippen LogP contribution is 2.16. The van der Waals surface area contributed by atoms with Crippen molar-refractivity contribution in [3.63, 3.8) is 0 Å². The second-order valence-electron chi connectivity index (χ2n) is 5.28. The molecule has 1 rings (SSSR count). The quantitative estimate of drug-likeness (QED) is 0.329. The van der Waals surface area contributed by atoms with Crippen molar-refractivity contribution in [1.29, 1.82) is 0 Å². The maximum Gasteiger partial charge on any atom is 0.229 e. The smallest absolute Gasteiger partial charge is 0.229 e. The molecule has 0 saturated carbocycles. The number of allylic oxidation sites excluding steroid dienone is 1. The Morgan fingerprint density at radius 3 is 2.70 bits per heavy atom. The molecule has 0 heterocycles. The number of anilines is 1. The third kappa shape index (κ3) is 7.19. The van der Waals surface area contributed by atoms with E-state index in [1.807, 2.05) is 30.2 Å². The van der Waals surface area contributed by atoms with Gasteiger partial charge in [0.25, 0.3) is 0 Å². The summed E-state index contributed by atoms with van der Waals surface area (Å²) in [5.41, 5.74) is 1.44. The van der Waals surface area contributed by atoms with E-state index < -0.39 is 10.0 Å². The van der Waals surface area contributed by atoms with Gasteiger partial charge in [-0.25, -0.2) is 8.42 Å². The predicted molar refractivity (Wildman–Crippen MR) is 97.2 cm³/mol. The van der Waals surface area contributed by atoms with Crippen molar-refractivity contribution < 1.29 is 8.42 Å². The Hall–Kier alpha value is -2.02. The lowest BCUT2D eigenvalue weighted by atomic mass is 10.2. The predicted octanol–water partition coefficient (Wildman–Crippen LogP) is 2.03. The fraction of sp³-hybridized carbons (Fsp3) is 0.438. The molecule has 2 N–H and O–H groups in total. The maximum absolute atomic E-state index is 11.4. The zero-order valence-electron chi connectivity index (χ0n) is 14.0. The van der Waals surface area contributed by atoms with Crippen LogP contribution in [-0.2, 0) is 16.6 Å². The Morgan fingerprint density at radius 2 is 2.09 bits per heavy atom. The molecule has 128 valence electrons. The fourth-order valence-corrected chi connectivity index (χ4v) is 2.71. The van der Waals surface area contributed by atoms with Gasteiger partial charge in [0.2, 0.25) is 10.0 Å². The van der Waals surface area contributed by atoms with Crippen LogP contribution in [0.2, 0.25) is 0 Å². The van der Waals surface area contributed by atoms with E-state index in [9.17, 15) is 8.42 Å². The van der Waals surface area contributed by atoms with Crippen LogP contribution in [0.15, 0.2) is 41.9 Å². The van der Waals surface area contributed by atoms with Gasteiger partial charge in [0.15, 0.2) is 5.96 Å². The first-order valence-corrected chi connectivity index (χ1v) is 9.35. The molecule has 1 aromatic carbocycles. The molecule has 0 radical (unpaired) electrons. The summed E-state index contributed by atoms with van der Waals surface area (Å²) in [5.74, 6) is 0.767. The van der Waals surface area contributed by atoms with Crippen LogP contribution in [0.3, 0.4) is 0 Å². The number of aliphatic imine (C=N–C) groups is 1. The molecule has 0 bridgehead atoms. The van der Waals surface area contributed by atoms with Gasteiger partial charge in [-0.05, 0) is 24.5 Å². The van der Waals surface area contributed by atoms with Gasteiger partial charge < -0.3 is 10.2 Å². The third-order valence-electron chi connectivity index (χ3n) is 3.22. The fourth-order valence-electron chi connectivity index (χ4n) is 2.11. The minimum absolute atomic E-state index is 0.483. The molecule has 23 heavy (non-hydrogen) atoms. The summed E-state index contributed by atoms with van der Waals surface area (Å²) in [6.45, 7) is 5.07. The lowest BCUT2D eigenvalue weighted by molar-refractivity contribution is 0.470. The summed E-state index contributed by atoms with van der Waals surface area (Å²) >= 11 is 0. The molecule has 0 unspecified atom stereocenters. The molecule has 0 saturated heterocycles. The highest BCUT2D eigenvalue weighted by Gasteiger charge is 2.09. The van der Waals surface area contributed by atoms with Gasteiger partial charge in [0.1, 0.15) is 0 Å². The van der Waals surface area contributed by atoms with E-state index in [1.54, 1.807) is 19.2 Å². The maximum atomic E-state index is 11.4. The Bertz CT molecular complexity index is 641. The van der Waals surface area contributed by atoms with Crippen molar-refractivity contribution >= 4 is 21.7 Å². The number of nitrogens with one attached hydrogen (secondary N) is 2. The van der Waals surface area contributed by atoms with Gasteiger partial charge in [0, 0.05) is 27.2 Å². The van der Waals surface area contributed by atoms with Crippen LogP contribution in [0.1, 0.15) is 18.4 Å². The van der Waals surface area contributed by atoms with E-state index in [0.717, 1.165) is 37.2 Å². The first kappa shape index (κ1) is 19.0. The second-order valence-corrected chi connectivity index (χ2v) is 7.03. The highest BCUT2D eigenvalue weighted by molar-refractivity contribution is 7.92. The minimum atomic E-state index is -3.30. The lowest BCUT2D eigenvalue weighted by Crippen LogP contribution is -2.39. The molecular weight excluding hydrogens is 312 g/mol. The summed E-state index contributed by atoms with van der Waals surface area (Å²) < 4.78 is 25.4. The Morgan fingerprint density at radius 1 is 1.39 bits per heavy atom. The molecular formula is C16H26N4O2S. The van der Waals surface area contributed by atoms with Gasteiger partial charge in [0.05, 0.1) is 11.9 Å². The largest absolute Gasteiger partial charge is 0.352 e. The van der Waals surface area contributed by atoms with Crippen molar-refractivity contribution in [3.8, 4) is 0 Å². The molecule has 0 aliphatic heterocycles. The van der Waals surface area contributed by atoms with Gasteiger partial charge in [-0.2, -0.15) is 0 Å². The van der Waals surface area contributed by atoms with Crippen LogP contribution >= 0.6 is 0 Å². The standard InChI is InChI=1S/C16H26N4O2S/c1-5-6-9-12-20(3)16(17-2)18-13-14-10-7-8-11-15(14)19-23(4,21)22/h5,7-8,10-11,19H,1,6,9,12-13H2,2-4H3,(H,17,18). The molecule has 6 nitrogen and oxygen atoms in total. The molecule has 0 spiro atoms. The van der Waals surface area contributed by atoms with E-state index >= 15 is 0 Å². The highest BCUT2D eigenvalue weighted by atomic mass is 32.2. The number of guanidine groups is 1. The summed E-state index contributed by atoms with van der Waals surface area (Å²) in [5, 5.41) is 3.25. The van der Waals surface area contributed by atoms with E-state index in [1.165, 1.54) is 0 Å². The Labute approximate surface area is 139 Å². The number of para-hydroxylation sites is 1. The Balaban J connectivity index is 2.71. The van der Waals surface area contributed by atoms with E-state index in [0.29, 0.717) is 12.2 Å². The van der Waals surface area contributed by atoms with Crippen molar-refractivity contribution in [2.75, 3.05) is 31.6 Å². The molecule has 0 atom stereocenters. The number of nitrogens with zero attached hydrogens (tertiary/aromatic N) is 2. The van der Waals surface area contributed by atoms with Crippen LogP contribution < -0.4 is 10.0 Å². The second kappa shape index (κ2) is 9.19. The number of rotatable bonds is 8. The van der Waals surface area contributed by atoms with Crippen molar-refractivity contribution in [2.45, 2.75) is 19.4 Å². The molecule has 1 aromatic rings. The SMILES string of the molecule is C=CCCCN(C)C(=NC)NCc1ccccc1NS(C)(=O)=O. The zero-order valence-corrected chi connectivity index (χ0v) is 14.9. The van der Waals surface area contributed by atoms with Crippen LogP contribution in [0, 0.1) is 0 Å². The molecule has 7 heteroatoms. The zero-order chi connectivity index (χ0) is 17.3. The number of benzene rings is 1. The van der Waals surface area contributed by atoms with Gasteiger partial charge in [-0.15, -0.1) is 6.58 Å². The third-order valence-corrected chi connectivity index (χ3v) is 3.82. The van der Waals surface area contributed by atoms with Crippen molar-refractivity contribution in [2.24, 2.45) is 4.99 Å². The number of hydrogen-bond donors (Lipinski definition) is 2. The molecule has 0 aromatic heterocycles. The molecule has 0 aliphatic rings. The van der Waals surface area contributed by atoms with Crippen LogP contribution in [0.5, 0.6) is 0 Å². The van der Waals surface area contributed by atoms with Gasteiger partial charge in [-0.3, -0.25) is 9.71 Å². The lowest BCUT2D eigenvalue weighted by Gasteiger charge is -2.22. The average Bonchev–Trinajstić information content (AvgIpc) is 2.48. The summed E-state index contributed by atoms with van der Waals surface area (Å²) in [6, 6.07) is 7.30. The topological polar surface area (TPSA) is 73.8 Å². The van der Waals surface area contributed by atoms with E-state index in [4.69, 9.17) is 0 Å². The van der Waals surface area contributed by atoms with E-state index in [-0.39, 0.29) is 0 Å². The van der Waals surface area contributed by atoms with Crippen molar-refractivity contribution in [3.05, 3.63) is 42.5 Å². The van der Waals surface area contributed by atoms with Gasteiger partial charge in [-0.1, -0.05) is 24.3 Å². The van der Waals surface area contributed by atoms with Gasteiger partial charge >= 0.3 is 0 Å². The number of hydrogen-bond acceptors (Lipinski definition) is 3. The summed E-state index contributed by atoms with van der Waals surface area (Å²) in [4.78, 5) is 6.29. The average molecular weight is 338 g/mol. The normalized spacial score (nSPS) is 11.9. The number of unbranched alkanes of at least 4 members (excludes halogenated alkanes) is 1. The molecule has 0 amide bonds. The molecule has 0 fully saturated rings. The molecule has 0 aliphatic carbocycles.